The van der Waals surface area contributed by atoms with E-state index in [0.717, 1.165) is 0 Å². The van der Waals surface area contributed by atoms with E-state index in [2.05, 4.69) is 10.6 Å². The second kappa shape index (κ2) is 7.98. The van der Waals surface area contributed by atoms with Crippen molar-refractivity contribution in [3.8, 4) is 11.3 Å². The molecule has 8 heteroatoms. The van der Waals surface area contributed by atoms with Gasteiger partial charge in [-0.25, -0.2) is 8.42 Å². The predicted molar refractivity (Wildman–Crippen MR) is 94.2 cm³/mol. The molecule has 7 nitrogen and oxygen atoms in total. The maximum atomic E-state index is 12.2. The Balaban J connectivity index is 2.09. The molecule has 1 aromatic heterocycles. The molecule has 25 heavy (non-hydrogen) atoms. The van der Waals surface area contributed by atoms with Crippen molar-refractivity contribution in [2.24, 2.45) is 0 Å². The first-order valence-electron chi connectivity index (χ1n) is 7.77. The Kier molecular flexibility index (Phi) is 5.97. The molecule has 2 aromatic rings. The summed E-state index contributed by atoms with van der Waals surface area (Å²) in [6, 6.07) is 9.89. The van der Waals surface area contributed by atoms with Gasteiger partial charge in [0.25, 0.3) is 11.8 Å². The van der Waals surface area contributed by atoms with Crippen LogP contribution in [0.25, 0.3) is 11.3 Å². The van der Waals surface area contributed by atoms with Gasteiger partial charge in [0.1, 0.15) is 5.76 Å². The lowest BCUT2D eigenvalue weighted by molar-refractivity contribution is 0.0933. The van der Waals surface area contributed by atoms with Gasteiger partial charge in [0, 0.05) is 30.5 Å². The van der Waals surface area contributed by atoms with Gasteiger partial charge in [0.15, 0.2) is 15.6 Å². The maximum absolute atomic E-state index is 12.2. The first-order valence-corrected chi connectivity index (χ1v) is 9.59. The van der Waals surface area contributed by atoms with Crippen LogP contribution in [0.2, 0.25) is 0 Å². The number of rotatable bonds is 7. The largest absolute Gasteiger partial charge is 0.451 e. The minimum Gasteiger partial charge on any atom is -0.451 e. The zero-order chi connectivity index (χ0) is 18.4. The third-order valence-electron chi connectivity index (χ3n) is 3.60. The molecule has 0 unspecified atom stereocenters. The lowest BCUT2D eigenvalue weighted by Crippen LogP contribution is -2.29. The molecule has 2 rings (SSSR count). The van der Waals surface area contributed by atoms with Gasteiger partial charge in [-0.3, -0.25) is 9.59 Å². The van der Waals surface area contributed by atoms with Crippen LogP contribution >= 0.6 is 0 Å². The highest BCUT2D eigenvalue weighted by Crippen LogP contribution is 2.23. The first kappa shape index (κ1) is 18.7. The number of carbonyl (C=O) groups is 2. The van der Waals surface area contributed by atoms with Crippen molar-refractivity contribution in [2.75, 3.05) is 25.1 Å². The minimum absolute atomic E-state index is 0.0462. The third kappa shape index (κ3) is 4.93. The predicted octanol–water partition coefficient (Wildman–Crippen LogP) is 1.47. The van der Waals surface area contributed by atoms with Gasteiger partial charge < -0.3 is 15.1 Å². The van der Waals surface area contributed by atoms with E-state index in [0.29, 0.717) is 16.9 Å². The van der Waals surface area contributed by atoms with Gasteiger partial charge >= 0.3 is 0 Å². The monoisotopic (exact) mass is 364 g/mol. The maximum Gasteiger partial charge on any atom is 0.286 e. The van der Waals surface area contributed by atoms with Gasteiger partial charge in [0.2, 0.25) is 0 Å². The molecule has 0 atom stereocenters. The van der Waals surface area contributed by atoms with E-state index >= 15 is 0 Å². The number of hydrogen-bond acceptors (Lipinski definition) is 5. The average Bonchev–Trinajstić information content (AvgIpc) is 3.11. The Labute approximate surface area is 146 Å². The van der Waals surface area contributed by atoms with Crippen molar-refractivity contribution in [3.63, 3.8) is 0 Å². The molecule has 2 amide bonds. The fourth-order valence-corrected chi connectivity index (χ4v) is 2.82. The summed E-state index contributed by atoms with van der Waals surface area (Å²) in [6.45, 7) is 1.62. The molecule has 0 aliphatic rings. The van der Waals surface area contributed by atoms with E-state index in [1.807, 2.05) is 0 Å². The summed E-state index contributed by atoms with van der Waals surface area (Å²) in [5.41, 5.74) is 1.02. The van der Waals surface area contributed by atoms with Crippen LogP contribution in [0.4, 0.5) is 0 Å². The van der Waals surface area contributed by atoms with E-state index in [-0.39, 0.29) is 35.6 Å². The van der Waals surface area contributed by atoms with E-state index in [9.17, 15) is 18.0 Å². The van der Waals surface area contributed by atoms with Crippen LogP contribution in [0, 0.1) is 0 Å². The molecular formula is C17H20N2O5S. The Morgan fingerprint density at radius 3 is 2.56 bits per heavy atom. The first-order chi connectivity index (χ1) is 11.9. The quantitative estimate of drug-likeness (QED) is 0.774. The van der Waals surface area contributed by atoms with Crippen molar-refractivity contribution in [1.29, 1.82) is 0 Å². The smallest absolute Gasteiger partial charge is 0.286 e. The summed E-state index contributed by atoms with van der Waals surface area (Å²) in [5.74, 6) is -0.116. The molecule has 1 aromatic carbocycles. The highest BCUT2D eigenvalue weighted by Gasteiger charge is 2.13. The highest BCUT2D eigenvalue weighted by atomic mass is 32.2. The van der Waals surface area contributed by atoms with Crippen molar-refractivity contribution in [3.05, 3.63) is 47.7 Å². The van der Waals surface area contributed by atoms with E-state index in [1.54, 1.807) is 43.3 Å². The van der Waals surface area contributed by atoms with Crippen LogP contribution < -0.4 is 10.6 Å². The van der Waals surface area contributed by atoms with E-state index < -0.39 is 9.84 Å². The number of benzene rings is 1. The Morgan fingerprint density at radius 1 is 1.12 bits per heavy atom. The highest BCUT2D eigenvalue weighted by molar-refractivity contribution is 7.91. The SMILES string of the molecule is CCS(=O)(=O)CCNC(=O)c1cccc(-c2ccc(C(=O)NC)o2)c1. The summed E-state index contributed by atoms with van der Waals surface area (Å²) in [7, 11) is -1.62. The third-order valence-corrected chi connectivity index (χ3v) is 5.31. The molecule has 0 fully saturated rings. The lowest BCUT2D eigenvalue weighted by Gasteiger charge is -2.06. The zero-order valence-corrected chi connectivity index (χ0v) is 14.9. The van der Waals surface area contributed by atoms with Crippen LogP contribution in [0.5, 0.6) is 0 Å². The summed E-state index contributed by atoms with van der Waals surface area (Å²) in [5, 5.41) is 5.06. The fourth-order valence-electron chi connectivity index (χ4n) is 2.12. The zero-order valence-electron chi connectivity index (χ0n) is 14.0. The standard InChI is InChI=1S/C17H20N2O5S/c1-3-25(22,23)10-9-19-16(20)13-6-4-5-12(11-13)14-7-8-15(24-14)17(21)18-2/h4-8,11H,3,9-10H2,1-2H3,(H,18,21)(H,19,20). The molecule has 0 saturated carbocycles. The van der Waals surface area contributed by atoms with Gasteiger partial charge in [0.05, 0.1) is 5.75 Å². The van der Waals surface area contributed by atoms with Crippen LogP contribution in [0.1, 0.15) is 27.8 Å². The van der Waals surface area contributed by atoms with Gasteiger partial charge in [-0.1, -0.05) is 19.1 Å². The Bertz CT molecular complexity index is 871. The van der Waals surface area contributed by atoms with Gasteiger partial charge in [-0.05, 0) is 24.3 Å². The lowest BCUT2D eigenvalue weighted by atomic mass is 10.1. The molecule has 0 saturated heterocycles. The number of sulfone groups is 1. The molecule has 134 valence electrons. The second-order valence-electron chi connectivity index (χ2n) is 5.32. The van der Waals surface area contributed by atoms with Crippen LogP contribution in [-0.4, -0.2) is 45.3 Å². The molecule has 0 bridgehead atoms. The fraction of sp³-hybridized carbons (Fsp3) is 0.294. The molecule has 0 aliphatic carbocycles. The Hall–Kier alpha value is -2.61. The van der Waals surface area contributed by atoms with Crippen molar-refractivity contribution >= 4 is 21.7 Å². The van der Waals surface area contributed by atoms with Gasteiger partial charge in [-0.15, -0.1) is 0 Å². The van der Waals surface area contributed by atoms with Crippen LogP contribution in [-0.2, 0) is 9.84 Å². The summed E-state index contributed by atoms with van der Waals surface area (Å²) in [4.78, 5) is 23.7. The summed E-state index contributed by atoms with van der Waals surface area (Å²) < 4.78 is 28.4. The molecule has 0 spiro atoms. The number of furan rings is 1. The van der Waals surface area contributed by atoms with E-state index in [4.69, 9.17) is 4.42 Å². The second-order valence-corrected chi connectivity index (χ2v) is 7.79. The number of carbonyl (C=O) groups excluding carboxylic acids is 2. The van der Waals surface area contributed by atoms with Crippen molar-refractivity contribution in [2.45, 2.75) is 6.92 Å². The molecule has 0 aliphatic heterocycles. The molecular weight excluding hydrogens is 344 g/mol. The van der Waals surface area contributed by atoms with Gasteiger partial charge in [-0.2, -0.15) is 0 Å². The number of nitrogens with one attached hydrogen (secondary N) is 2. The van der Waals surface area contributed by atoms with Crippen LogP contribution in [0.15, 0.2) is 40.8 Å². The number of hydrogen-bond donors (Lipinski definition) is 2. The molecule has 0 radical (unpaired) electrons. The molecule has 2 N–H and O–H groups in total. The normalized spacial score (nSPS) is 11.1. The van der Waals surface area contributed by atoms with Crippen LogP contribution in [0.3, 0.4) is 0 Å². The summed E-state index contributed by atoms with van der Waals surface area (Å²) in [6.07, 6.45) is 0. The topological polar surface area (TPSA) is 105 Å². The number of amides is 2. The van der Waals surface area contributed by atoms with Crippen molar-refractivity contribution in [1.82, 2.24) is 10.6 Å². The van der Waals surface area contributed by atoms with E-state index in [1.165, 1.54) is 7.05 Å². The summed E-state index contributed by atoms with van der Waals surface area (Å²) >= 11 is 0. The minimum atomic E-state index is -3.12. The Morgan fingerprint density at radius 2 is 1.88 bits per heavy atom. The van der Waals surface area contributed by atoms with Crippen molar-refractivity contribution < 1.29 is 22.4 Å². The molecule has 1 heterocycles. The average molecular weight is 364 g/mol.